The summed E-state index contributed by atoms with van der Waals surface area (Å²) < 4.78 is 23.9. The summed E-state index contributed by atoms with van der Waals surface area (Å²) >= 11 is 1.68. The fraction of sp³-hybridized carbons (Fsp3) is 1.00. The summed E-state index contributed by atoms with van der Waals surface area (Å²) in [6.45, 7) is 2.34. The molecule has 284 valence electrons. The van der Waals surface area contributed by atoms with Gasteiger partial charge in [0, 0.05) is 24.4 Å². The highest BCUT2D eigenvalue weighted by Gasteiger charge is 2.50. The average molecular weight is 708 g/mol. The summed E-state index contributed by atoms with van der Waals surface area (Å²) in [5.41, 5.74) is 30.8. The van der Waals surface area contributed by atoms with Crippen LogP contribution < -0.4 is 28.7 Å². The smallest absolute Gasteiger partial charge is 0.186 e. The maximum absolute atomic E-state index is 11.3. The Hall–Kier alpha value is -0.170. The molecule has 13 nitrogen and oxygen atoms in total. The standard InChI is InChI=1S/C34H69N5O8S/c1-2-3-4-5-6-7-8-9-10-11-12-13-14-15-16-48-20-26-28(41)27(39)29(42)34(45-26)47-32-22(37)17-21(36)31(30(32)43)46-33-23(38)18-24(40)25(19-35)44-33/h21-34,40-43H,2-20,35-39H2,1H3/t21-,22+,23+,24-,25+,26+,27-,28+,29+,30-,31+,32-,33-,34+/m0/s1. The number of aliphatic hydroxyl groups excluding tert-OH is 4. The van der Waals surface area contributed by atoms with Crippen molar-refractivity contribution in [1.29, 1.82) is 0 Å². The van der Waals surface area contributed by atoms with Crippen LogP contribution in [-0.2, 0) is 18.9 Å². The van der Waals surface area contributed by atoms with Crippen molar-refractivity contribution in [2.24, 2.45) is 28.7 Å². The van der Waals surface area contributed by atoms with Gasteiger partial charge in [-0.15, -0.1) is 0 Å². The normalized spacial score (nSPS) is 39.1. The Bertz CT molecular complexity index is 857. The molecule has 0 spiro atoms. The van der Waals surface area contributed by atoms with E-state index in [1.807, 2.05) is 0 Å². The van der Waals surface area contributed by atoms with Gasteiger partial charge in [0.2, 0.25) is 0 Å². The Morgan fingerprint density at radius 1 is 0.604 bits per heavy atom. The van der Waals surface area contributed by atoms with Gasteiger partial charge >= 0.3 is 0 Å². The van der Waals surface area contributed by atoms with Crippen molar-refractivity contribution < 1.29 is 39.4 Å². The maximum Gasteiger partial charge on any atom is 0.186 e. The number of aliphatic hydroxyl groups is 4. The fourth-order valence-corrected chi connectivity index (χ4v) is 8.10. The largest absolute Gasteiger partial charge is 0.390 e. The molecule has 1 aliphatic carbocycles. The second kappa shape index (κ2) is 22.7. The number of ether oxygens (including phenoxy) is 4. The molecule has 0 unspecified atom stereocenters. The van der Waals surface area contributed by atoms with Crippen LogP contribution in [-0.4, -0.2) is 124 Å². The minimum absolute atomic E-state index is 0.0749. The van der Waals surface area contributed by atoms with Gasteiger partial charge in [-0.25, -0.2) is 0 Å². The lowest BCUT2D eigenvalue weighted by Gasteiger charge is -2.48. The van der Waals surface area contributed by atoms with Crippen molar-refractivity contribution in [2.75, 3.05) is 18.1 Å². The molecular formula is C34H69N5O8S. The highest BCUT2D eigenvalue weighted by Crippen LogP contribution is 2.31. The summed E-state index contributed by atoms with van der Waals surface area (Å²) in [6, 6.07) is -3.02. The third-order valence-electron chi connectivity index (χ3n) is 10.2. The SMILES string of the molecule is CCCCCCCCCCCCCCCCSC[C@H]1O[C@H](O[C@@H]2[C@@H](O)[C@H](O[C@@H]3O[C@H](CN)[C@@H](O)C[C@H]3N)[C@@H](N)C[C@H]2N)[C@H](O)[C@@H](N)[C@@H]1O. The second-order valence-electron chi connectivity index (χ2n) is 14.3. The van der Waals surface area contributed by atoms with E-state index in [0.717, 1.165) is 12.2 Å². The molecule has 0 aromatic carbocycles. The molecule has 2 heterocycles. The van der Waals surface area contributed by atoms with Crippen molar-refractivity contribution in [1.82, 2.24) is 0 Å². The van der Waals surface area contributed by atoms with Gasteiger partial charge in [0.1, 0.15) is 24.4 Å². The lowest BCUT2D eigenvalue weighted by Crippen LogP contribution is -2.68. The first kappa shape index (κ1) is 42.2. The van der Waals surface area contributed by atoms with E-state index in [1.54, 1.807) is 11.8 Å². The average Bonchev–Trinajstić information content (AvgIpc) is 3.06. The third kappa shape index (κ3) is 13.1. The molecule has 3 fully saturated rings. The number of thioether (sulfide) groups is 1. The molecule has 0 bridgehead atoms. The van der Waals surface area contributed by atoms with Crippen LogP contribution in [0.3, 0.4) is 0 Å². The molecule has 14 atom stereocenters. The van der Waals surface area contributed by atoms with E-state index in [9.17, 15) is 20.4 Å². The molecule has 48 heavy (non-hydrogen) atoms. The first-order valence-corrected chi connectivity index (χ1v) is 19.9. The number of hydrogen-bond acceptors (Lipinski definition) is 14. The molecule has 14 N–H and O–H groups in total. The van der Waals surface area contributed by atoms with E-state index in [1.165, 1.54) is 83.5 Å². The van der Waals surface area contributed by atoms with E-state index in [-0.39, 0.29) is 19.4 Å². The zero-order valence-corrected chi connectivity index (χ0v) is 30.1. The Morgan fingerprint density at radius 3 is 1.65 bits per heavy atom. The van der Waals surface area contributed by atoms with E-state index in [2.05, 4.69) is 6.92 Å². The van der Waals surface area contributed by atoms with Crippen molar-refractivity contribution in [3.05, 3.63) is 0 Å². The maximum atomic E-state index is 11.3. The number of hydrogen-bond donors (Lipinski definition) is 9. The Balaban J connectivity index is 1.37. The summed E-state index contributed by atoms with van der Waals surface area (Å²) in [7, 11) is 0. The molecular weight excluding hydrogens is 638 g/mol. The van der Waals surface area contributed by atoms with E-state index >= 15 is 0 Å². The van der Waals surface area contributed by atoms with Crippen LogP contribution in [0.15, 0.2) is 0 Å². The van der Waals surface area contributed by atoms with Crippen molar-refractivity contribution in [3.8, 4) is 0 Å². The molecule has 0 aromatic rings. The predicted molar refractivity (Wildman–Crippen MR) is 189 cm³/mol. The van der Waals surface area contributed by atoms with Crippen molar-refractivity contribution in [2.45, 2.75) is 195 Å². The highest BCUT2D eigenvalue weighted by molar-refractivity contribution is 7.99. The van der Waals surface area contributed by atoms with Crippen LogP contribution in [0.2, 0.25) is 0 Å². The first-order chi connectivity index (χ1) is 23.1. The fourth-order valence-electron chi connectivity index (χ4n) is 7.01. The van der Waals surface area contributed by atoms with Gasteiger partial charge in [0.05, 0.1) is 36.5 Å². The molecule has 3 aliphatic rings. The summed E-state index contributed by atoms with van der Waals surface area (Å²) in [6.07, 6.45) is 8.81. The van der Waals surface area contributed by atoms with Crippen LogP contribution >= 0.6 is 11.8 Å². The molecule has 0 amide bonds. The number of rotatable bonds is 22. The van der Waals surface area contributed by atoms with Gasteiger partial charge in [-0.05, 0) is 25.0 Å². The third-order valence-corrected chi connectivity index (χ3v) is 11.3. The minimum Gasteiger partial charge on any atom is -0.390 e. The van der Waals surface area contributed by atoms with Crippen LogP contribution in [0, 0.1) is 0 Å². The summed E-state index contributed by atoms with van der Waals surface area (Å²) in [5, 5.41) is 43.1. The van der Waals surface area contributed by atoms with Crippen molar-refractivity contribution >= 4 is 11.8 Å². The molecule has 3 rings (SSSR count). The second-order valence-corrected chi connectivity index (χ2v) is 15.4. The van der Waals surface area contributed by atoms with Gasteiger partial charge in [0.15, 0.2) is 12.6 Å². The van der Waals surface area contributed by atoms with E-state index in [0.29, 0.717) is 5.75 Å². The van der Waals surface area contributed by atoms with Crippen molar-refractivity contribution in [3.63, 3.8) is 0 Å². The Morgan fingerprint density at radius 2 is 1.10 bits per heavy atom. The lowest BCUT2D eigenvalue weighted by atomic mass is 9.84. The quantitative estimate of drug-likeness (QED) is 0.0711. The minimum atomic E-state index is -1.34. The Labute approximate surface area is 292 Å². The van der Waals surface area contributed by atoms with Gasteiger partial charge < -0.3 is 68.0 Å². The topological polar surface area (TPSA) is 248 Å². The van der Waals surface area contributed by atoms with Crippen LogP contribution in [0.4, 0.5) is 0 Å². The first-order valence-electron chi connectivity index (χ1n) is 18.7. The lowest BCUT2D eigenvalue weighted by molar-refractivity contribution is -0.309. The highest BCUT2D eigenvalue weighted by atomic mass is 32.2. The zero-order chi connectivity index (χ0) is 35.1. The van der Waals surface area contributed by atoms with Crippen LogP contribution in [0.1, 0.15) is 110 Å². The predicted octanol–water partition coefficient (Wildman–Crippen LogP) is 0.926. The van der Waals surface area contributed by atoms with Crippen LogP contribution in [0.5, 0.6) is 0 Å². The molecule has 2 aliphatic heterocycles. The monoisotopic (exact) mass is 707 g/mol. The van der Waals surface area contributed by atoms with Gasteiger partial charge in [0.25, 0.3) is 0 Å². The Kier molecular flexibility index (Phi) is 20.0. The van der Waals surface area contributed by atoms with Gasteiger partial charge in [-0.3, -0.25) is 0 Å². The van der Waals surface area contributed by atoms with Gasteiger partial charge in [-0.1, -0.05) is 90.4 Å². The van der Waals surface area contributed by atoms with Crippen LogP contribution in [0.25, 0.3) is 0 Å². The van der Waals surface area contributed by atoms with E-state index in [4.69, 9.17) is 47.6 Å². The summed E-state index contributed by atoms with van der Waals surface area (Å²) in [4.78, 5) is 0. The molecule has 2 saturated heterocycles. The van der Waals surface area contributed by atoms with E-state index < -0.39 is 85.6 Å². The van der Waals surface area contributed by atoms with Gasteiger partial charge in [-0.2, -0.15) is 11.8 Å². The number of nitrogens with two attached hydrogens (primary N) is 5. The summed E-state index contributed by atoms with van der Waals surface area (Å²) in [5.74, 6) is 1.42. The molecule has 1 saturated carbocycles. The zero-order valence-electron chi connectivity index (χ0n) is 29.2. The molecule has 14 heteroatoms. The number of unbranched alkanes of at least 4 members (excludes halogenated alkanes) is 13. The molecule has 0 aromatic heterocycles. The molecule has 0 radical (unpaired) electrons.